The van der Waals surface area contributed by atoms with Gasteiger partial charge in [0.1, 0.15) is 0 Å². The number of benzene rings is 1. The second-order valence-corrected chi connectivity index (χ2v) is 7.31. The minimum Gasteiger partial charge on any atom is -0.475 e. The number of ether oxygens (including phenoxy) is 1. The van der Waals surface area contributed by atoms with E-state index >= 15 is 0 Å². The van der Waals surface area contributed by atoms with E-state index in [1.54, 1.807) is 6.20 Å². The molecule has 1 fully saturated rings. The van der Waals surface area contributed by atoms with E-state index in [-0.39, 0.29) is 17.9 Å². The van der Waals surface area contributed by atoms with Crippen molar-refractivity contribution in [2.75, 3.05) is 0 Å². The van der Waals surface area contributed by atoms with E-state index in [9.17, 15) is 4.79 Å². The van der Waals surface area contributed by atoms with Crippen LogP contribution in [0.1, 0.15) is 37.3 Å². The topological polar surface area (TPSA) is 51.2 Å². The smallest absolute Gasteiger partial charge is 0.224 e. The molecule has 24 heavy (non-hydrogen) atoms. The fourth-order valence-corrected chi connectivity index (χ4v) is 2.97. The van der Waals surface area contributed by atoms with Gasteiger partial charge in [-0.3, -0.25) is 4.79 Å². The first-order valence-electron chi connectivity index (χ1n) is 8.17. The number of nitrogens with zero attached hydrogens (tertiary/aromatic N) is 1. The molecule has 3 rings (SSSR count). The number of carbonyl (C=O) groups is 1. The van der Waals surface area contributed by atoms with Crippen molar-refractivity contribution in [1.82, 2.24) is 10.3 Å². The fraction of sp³-hybridized carbons (Fsp3) is 0.368. The third kappa shape index (κ3) is 4.35. The van der Waals surface area contributed by atoms with Crippen molar-refractivity contribution in [1.29, 1.82) is 0 Å². The molecule has 1 aliphatic carbocycles. The maximum atomic E-state index is 12.3. The number of pyridine rings is 1. The lowest BCUT2D eigenvalue weighted by Gasteiger charge is -2.09. The second-order valence-electron chi connectivity index (χ2n) is 6.39. The molecule has 0 spiro atoms. The van der Waals surface area contributed by atoms with Gasteiger partial charge in [-0.1, -0.05) is 34.1 Å². The van der Waals surface area contributed by atoms with Crippen LogP contribution in [0.2, 0.25) is 0 Å². The molecule has 2 atom stereocenters. The van der Waals surface area contributed by atoms with Crippen molar-refractivity contribution >= 4 is 21.8 Å². The number of aromatic nitrogens is 1. The van der Waals surface area contributed by atoms with Crippen molar-refractivity contribution < 1.29 is 9.53 Å². The van der Waals surface area contributed by atoms with Crippen LogP contribution in [-0.4, -0.2) is 17.0 Å². The molecule has 1 aromatic carbocycles. The van der Waals surface area contributed by atoms with Crippen molar-refractivity contribution in [2.24, 2.45) is 5.92 Å². The Balaban J connectivity index is 1.49. The zero-order valence-electron chi connectivity index (χ0n) is 13.8. The van der Waals surface area contributed by atoms with E-state index in [2.05, 4.69) is 38.4 Å². The van der Waals surface area contributed by atoms with Gasteiger partial charge < -0.3 is 10.1 Å². The van der Waals surface area contributed by atoms with Crippen LogP contribution >= 0.6 is 15.9 Å². The average Bonchev–Trinajstić information content (AvgIpc) is 3.35. The van der Waals surface area contributed by atoms with E-state index in [1.165, 1.54) is 5.56 Å². The number of nitrogens with one attached hydrogen (secondary N) is 1. The number of halogens is 1. The van der Waals surface area contributed by atoms with Gasteiger partial charge in [0.25, 0.3) is 0 Å². The lowest BCUT2D eigenvalue weighted by Crippen LogP contribution is -2.25. The summed E-state index contributed by atoms with van der Waals surface area (Å²) in [6, 6.07) is 12.0. The summed E-state index contributed by atoms with van der Waals surface area (Å²) in [6.07, 6.45) is 2.78. The van der Waals surface area contributed by atoms with E-state index < -0.39 is 0 Å². The zero-order chi connectivity index (χ0) is 17.1. The van der Waals surface area contributed by atoms with Gasteiger partial charge in [0.05, 0.1) is 6.10 Å². The van der Waals surface area contributed by atoms with E-state index in [0.717, 1.165) is 16.5 Å². The highest BCUT2D eigenvalue weighted by atomic mass is 79.9. The monoisotopic (exact) mass is 388 g/mol. The third-order valence-electron chi connectivity index (χ3n) is 4.05. The predicted molar refractivity (Wildman–Crippen MR) is 96.8 cm³/mol. The Bertz CT molecular complexity index is 698. The molecule has 5 heteroatoms. The molecule has 1 aliphatic rings. The van der Waals surface area contributed by atoms with Crippen molar-refractivity contribution in [3.63, 3.8) is 0 Å². The van der Waals surface area contributed by atoms with Crippen molar-refractivity contribution in [2.45, 2.75) is 38.8 Å². The van der Waals surface area contributed by atoms with Crippen LogP contribution in [0.5, 0.6) is 5.88 Å². The van der Waals surface area contributed by atoms with Gasteiger partial charge in [-0.25, -0.2) is 4.98 Å². The number of rotatable bonds is 6. The molecule has 0 bridgehead atoms. The SMILES string of the molecule is CC(C)Oc1ccc(CNC(=O)C2CC2c2ccc(Br)cc2)cn1. The lowest BCUT2D eigenvalue weighted by molar-refractivity contribution is -0.122. The molecular weight excluding hydrogens is 368 g/mol. The lowest BCUT2D eigenvalue weighted by atomic mass is 10.1. The maximum Gasteiger partial charge on any atom is 0.224 e. The molecule has 0 radical (unpaired) electrons. The molecule has 1 saturated carbocycles. The maximum absolute atomic E-state index is 12.3. The third-order valence-corrected chi connectivity index (χ3v) is 4.57. The number of hydrogen-bond acceptors (Lipinski definition) is 3. The number of carbonyl (C=O) groups excluding carboxylic acids is 1. The predicted octanol–water partition coefficient (Wildman–Crippen LogP) is 4.05. The fourth-order valence-electron chi connectivity index (χ4n) is 2.71. The first-order valence-corrected chi connectivity index (χ1v) is 8.97. The summed E-state index contributed by atoms with van der Waals surface area (Å²) in [5.41, 5.74) is 2.20. The molecule has 1 N–H and O–H groups in total. The Labute approximate surface area is 150 Å². The highest BCUT2D eigenvalue weighted by Gasteiger charge is 2.43. The van der Waals surface area contributed by atoms with Crippen LogP contribution in [0.15, 0.2) is 47.1 Å². The Morgan fingerprint density at radius 2 is 2.04 bits per heavy atom. The molecule has 0 saturated heterocycles. The van der Waals surface area contributed by atoms with Crippen molar-refractivity contribution in [3.05, 3.63) is 58.2 Å². The van der Waals surface area contributed by atoms with Gasteiger partial charge in [0.2, 0.25) is 11.8 Å². The molecule has 126 valence electrons. The van der Waals surface area contributed by atoms with Gasteiger partial charge in [-0.05, 0) is 49.4 Å². The summed E-state index contributed by atoms with van der Waals surface area (Å²) >= 11 is 3.43. The van der Waals surface area contributed by atoms with Gasteiger partial charge in [0, 0.05) is 29.2 Å². The summed E-state index contributed by atoms with van der Waals surface area (Å²) in [5.74, 6) is 1.16. The summed E-state index contributed by atoms with van der Waals surface area (Å²) in [5, 5.41) is 3.00. The minimum absolute atomic E-state index is 0.0858. The second kappa shape index (κ2) is 7.34. The average molecular weight is 389 g/mol. The molecule has 2 aromatic rings. The molecule has 0 aliphatic heterocycles. The first-order chi connectivity index (χ1) is 11.5. The van der Waals surface area contributed by atoms with Crippen LogP contribution in [-0.2, 0) is 11.3 Å². The van der Waals surface area contributed by atoms with Crippen LogP contribution in [0, 0.1) is 5.92 Å². The number of amides is 1. The molecule has 1 aromatic heterocycles. The van der Waals surface area contributed by atoms with Crippen LogP contribution < -0.4 is 10.1 Å². The summed E-state index contributed by atoms with van der Waals surface area (Å²) in [4.78, 5) is 16.5. The Hall–Kier alpha value is -1.88. The summed E-state index contributed by atoms with van der Waals surface area (Å²) in [6.45, 7) is 4.43. The number of hydrogen-bond donors (Lipinski definition) is 1. The molecule has 4 nitrogen and oxygen atoms in total. The highest BCUT2D eigenvalue weighted by Crippen LogP contribution is 2.47. The van der Waals surface area contributed by atoms with Crippen LogP contribution in [0.3, 0.4) is 0 Å². The molecule has 1 amide bonds. The quantitative estimate of drug-likeness (QED) is 0.811. The first kappa shape index (κ1) is 17.0. The van der Waals surface area contributed by atoms with Gasteiger partial charge >= 0.3 is 0 Å². The minimum atomic E-state index is 0.0858. The summed E-state index contributed by atoms with van der Waals surface area (Å²) in [7, 11) is 0. The largest absolute Gasteiger partial charge is 0.475 e. The zero-order valence-corrected chi connectivity index (χ0v) is 15.4. The van der Waals surface area contributed by atoms with E-state index in [0.29, 0.717) is 18.3 Å². The van der Waals surface area contributed by atoms with Crippen LogP contribution in [0.4, 0.5) is 0 Å². The molecular formula is C19H21BrN2O2. The van der Waals surface area contributed by atoms with Crippen LogP contribution in [0.25, 0.3) is 0 Å². The van der Waals surface area contributed by atoms with Gasteiger partial charge in [-0.2, -0.15) is 0 Å². The Morgan fingerprint density at radius 3 is 2.67 bits per heavy atom. The Morgan fingerprint density at radius 1 is 1.29 bits per heavy atom. The van der Waals surface area contributed by atoms with E-state index in [1.807, 2.05) is 38.1 Å². The van der Waals surface area contributed by atoms with E-state index in [4.69, 9.17) is 4.74 Å². The Kier molecular flexibility index (Phi) is 5.19. The van der Waals surface area contributed by atoms with Crippen molar-refractivity contribution in [3.8, 4) is 5.88 Å². The molecule has 2 unspecified atom stereocenters. The molecule has 1 heterocycles. The summed E-state index contributed by atoms with van der Waals surface area (Å²) < 4.78 is 6.57. The standard InChI is InChI=1S/C19H21BrN2O2/c1-12(2)24-18-8-3-13(10-21-18)11-22-19(23)17-9-16(17)14-4-6-15(20)7-5-14/h3-8,10,12,16-17H,9,11H2,1-2H3,(H,22,23). The normalized spacial score (nSPS) is 19.2. The van der Waals surface area contributed by atoms with Gasteiger partial charge in [-0.15, -0.1) is 0 Å². The van der Waals surface area contributed by atoms with Gasteiger partial charge in [0.15, 0.2) is 0 Å². The highest BCUT2D eigenvalue weighted by molar-refractivity contribution is 9.10.